The second kappa shape index (κ2) is 2.21. The molecular weight excluding hydrogens is 172 g/mol. The third-order valence-electron chi connectivity index (χ3n) is 2.81. The fourth-order valence-corrected chi connectivity index (χ4v) is 1.68. The quantitative estimate of drug-likeness (QED) is 0.460. The van der Waals surface area contributed by atoms with Crippen molar-refractivity contribution in [2.24, 2.45) is 0 Å². The molecule has 0 spiro atoms. The SMILES string of the molecule is CN1C(=O)C2(C)NNC1C(=O)N2C. The zero-order chi connectivity index (χ0) is 9.80. The molecule has 6 nitrogen and oxygen atoms in total. The molecule has 2 N–H and O–H groups in total. The number of nitrogens with zero attached hydrogens (tertiary/aromatic N) is 2. The van der Waals surface area contributed by atoms with Crippen LogP contribution in [0.4, 0.5) is 0 Å². The van der Waals surface area contributed by atoms with Crippen LogP contribution in [0.3, 0.4) is 0 Å². The highest BCUT2D eigenvalue weighted by molar-refractivity contribution is 5.99. The first kappa shape index (κ1) is 8.46. The van der Waals surface area contributed by atoms with E-state index in [4.69, 9.17) is 0 Å². The summed E-state index contributed by atoms with van der Waals surface area (Å²) in [5.41, 5.74) is 4.66. The molecule has 3 rings (SSSR count). The number of hydrazine groups is 1. The van der Waals surface area contributed by atoms with Crippen molar-refractivity contribution < 1.29 is 9.59 Å². The minimum absolute atomic E-state index is 0.0941. The van der Waals surface area contributed by atoms with Crippen LogP contribution in [0.15, 0.2) is 0 Å². The van der Waals surface area contributed by atoms with Crippen LogP contribution in [0.1, 0.15) is 6.92 Å². The predicted octanol–water partition coefficient (Wildman–Crippen LogP) is -1.93. The van der Waals surface area contributed by atoms with Gasteiger partial charge in [-0.15, -0.1) is 0 Å². The van der Waals surface area contributed by atoms with Crippen molar-refractivity contribution in [2.75, 3.05) is 14.1 Å². The van der Waals surface area contributed by atoms with Crippen LogP contribution in [0.2, 0.25) is 0 Å². The van der Waals surface area contributed by atoms with Crippen molar-refractivity contribution in [1.29, 1.82) is 0 Å². The van der Waals surface area contributed by atoms with Gasteiger partial charge >= 0.3 is 0 Å². The molecule has 3 aliphatic rings. The molecule has 0 aliphatic carbocycles. The Morgan fingerprint density at radius 1 is 1.38 bits per heavy atom. The summed E-state index contributed by atoms with van der Waals surface area (Å²) in [5, 5.41) is 0. The summed E-state index contributed by atoms with van der Waals surface area (Å²) < 4.78 is 0. The first-order valence-corrected chi connectivity index (χ1v) is 4.06. The van der Waals surface area contributed by atoms with Gasteiger partial charge in [-0.25, -0.2) is 10.9 Å². The molecule has 3 aliphatic heterocycles. The third kappa shape index (κ3) is 0.790. The largest absolute Gasteiger partial charge is 0.317 e. The zero-order valence-corrected chi connectivity index (χ0v) is 7.79. The molecule has 2 atom stereocenters. The second-order valence-corrected chi connectivity index (χ2v) is 3.56. The van der Waals surface area contributed by atoms with Gasteiger partial charge in [0.1, 0.15) is 0 Å². The standard InChI is InChI=1S/C7H12N4O2/c1-7-6(13)10(2)4(8-9-7)5(12)11(7)3/h4,8-9H,1-3H3. The van der Waals surface area contributed by atoms with Crippen molar-refractivity contribution in [1.82, 2.24) is 20.7 Å². The lowest BCUT2D eigenvalue weighted by Crippen LogP contribution is -2.85. The summed E-state index contributed by atoms with van der Waals surface area (Å²) >= 11 is 0. The number of carbonyl (C=O) groups is 2. The van der Waals surface area contributed by atoms with Crippen LogP contribution < -0.4 is 10.9 Å². The topological polar surface area (TPSA) is 64.7 Å². The van der Waals surface area contributed by atoms with Gasteiger partial charge in [-0.3, -0.25) is 9.59 Å². The van der Waals surface area contributed by atoms with E-state index in [1.165, 1.54) is 9.80 Å². The number of piperazine rings is 1. The number of carbonyl (C=O) groups excluding carboxylic acids is 2. The van der Waals surface area contributed by atoms with Crippen LogP contribution >= 0.6 is 0 Å². The van der Waals surface area contributed by atoms with Gasteiger partial charge in [-0.2, -0.15) is 0 Å². The summed E-state index contributed by atoms with van der Waals surface area (Å²) in [7, 11) is 3.23. The highest BCUT2D eigenvalue weighted by Gasteiger charge is 2.55. The monoisotopic (exact) mass is 184 g/mol. The van der Waals surface area contributed by atoms with E-state index in [1.54, 1.807) is 21.0 Å². The molecule has 3 heterocycles. The lowest BCUT2D eigenvalue weighted by atomic mass is 10.0. The molecule has 3 saturated heterocycles. The number of nitrogens with one attached hydrogen (secondary N) is 2. The number of amides is 2. The van der Waals surface area contributed by atoms with Crippen molar-refractivity contribution in [3.63, 3.8) is 0 Å². The summed E-state index contributed by atoms with van der Waals surface area (Å²) in [4.78, 5) is 26.1. The Balaban J connectivity index is 2.45. The Hall–Kier alpha value is -1.14. The second-order valence-electron chi connectivity index (χ2n) is 3.56. The van der Waals surface area contributed by atoms with E-state index >= 15 is 0 Å². The minimum Gasteiger partial charge on any atom is -0.317 e. The van der Waals surface area contributed by atoms with Crippen LogP contribution in [-0.4, -0.2) is 47.5 Å². The fourth-order valence-electron chi connectivity index (χ4n) is 1.68. The molecule has 2 unspecified atom stereocenters. The fraction of sp³-hybridized carbons (Fsp3) is 0.714. The Morgan fingerprint density at radius 3 is 2.62 bits per heavy atom. The van der Waals surface area contributed by atoms with Gasteiger partial charge in [0, 0.05) is 14.1 Å². The molecule has 0 aromatic heterocycles. The maximum Gasteiger partial charge on any atom is 0.266 e. The number of hydrogen-bond acceptors (Lipinski definition) is 4. The van der Waals surface area contributed by atoms with Crippen LogP contribution in [0, 0.1) is 0 Å². The number of likely N-dealkylation sites (N-methyl/N-ethyl adjacent to an activating group) is 2. The van der Waals surface area contributed by atoms with E-state index in [0.29, 0.717) is 0 Å². The van der Waals surface area contributed by atoms with Crippen molar-refractivity contribution in [2.45, 2.75) is 18.8 Å². The first-order valence-electron chi connectivity index (χ1n) is 4.06. The highest BCUT2D eigenvalue weighted by Crippen LogP contribution is 2.24. The van der Waals surface area contributed by atoms with Gasteiger partial charge in [0.25, 0.3) is 11.8 Å². The lowest BCUT2D eigenvalue weighted by molar-refractivity contribution is -0.182. The van der Waals surface area contributed by atoms with E-state index in [0.717, 1.165) is 0 Å². The van der Waals surface area contributed by atoms with Crippen molar-refractivity contribution in [3.05, 3.63) is 0 Å². The van der Waals surface area contributed by atoms with Crippen LogP contribution in [0.5, 0.6) is 0 Å². The van der Waals surface area contributed by atoms with Gasteiger partial charge in [0.05, 0.1) is 0 Å². The summed E-state index contributed by atoms with van der Waals surface area (Å²) in [6.45, 7) is 1.67. The zero-order valence-electron chi connectivity index (χ0n) is 7.79. The molecule has 2 bridgehead atoms. The maximum atomic E-state index is 11.7. The third-order valence-corrected chi connectivity index (χ3v) is 2.81. The number of rotatable bonds is 0. The molecule has 0 saturated carbocycles. The smallest absolute Gasteiger partial charge is 0.266 e. The van der Waals surface area contributed by atoms with Gasteiger partial charge in [-0.05, 0) is 6.92 Å². The Labute approximate surface area is 75.8 Å². The van der Waals surface area contributed by atoms with Crippen LogP contribution in [-0.2, 0) is 9.59 Å². The van der Waals surface area contributed by atoms with E-state index in [2.05, 4.69) is 10.9 Å². The molecule has 3 fully saturated rings. The Morgan fingerprint density at radius 2 is 2.00 bits per heavy atom. The molecule has 2 amide bonds. The lowest BCUT2D eigenvalue weighted by Gasteiger charge is -2.53. The van der Waals surface area contributed by atoms with Gasteiger partial charge in [-0.1, -0.05) is 0 Å². The Kier molecular flexibility index (Phi) is 1.44. The first-order chi connectivity index (χ1) is 5.98. The number of hydrogen-bond donors (Lipinski definition) is 2. The summed E-state index contributed by atoms with van der Waals surface area (Å²) in [5.74, 6) is -0.193. The predicted molar refractivity (Wildman–Crippen MR) is 44.0 cm³/mol. The highest BCUT2D eigenvalue weighted by atomic mass is 16.2. The molecular formula is C7H12N4O2. The van der Waals surface area contributed by atoms with Gasteiger partial charge < -0.3 is 9.80 Å². The Bertz CT molecular complexity index is 288. The van der Waals surface area contributed by atoms with E-state index in [1.807, 2.05) is 0 Å². The average Bonchev–Trinajstić information content (AvgIpc) is 2.10. The summed E-state index contributed by atoms with van der Waals surface area (Å²) in [6.07, 6.45) is -0.570. The van der Waals surface area contributed by atoms with Gasteiger partial charge in [0.2, 0.25) is 0 Å². The minimum atomic E-state index is -0.944. The van der Waals surface area contributed by atoms with Crippen LogP contribution in [0.25, 0.3) is 0 Å². The molecule has 0 aromatic carbocycles. The molecule has 0 radical (unpaired) electrons. The van der Waals surface area contributed by atoms with E-state index in [-0.39, 0.29) is 11.8 Å². The average molecular weight is 184 g/mol. The van der Waals surface area contributed by atoms with Gasteiger partial charge in [0.15, 0.2) is 11.8 Å². The van der Waals surface area contributed by atoms with Crippen molar-refractivity contribution in [3.8, 4) is 0 Å². The number of fused-ring (bicyclic) bond motifs is 3. The molecule has 72 valence electrons. The molecule has 6 heteroatoms. The summed E-state index contributed by atoms with van der Waals surface area (Å²) in [6, 6.07) is 0. The van der Waals surface area contributed by atoms with Crippen molar-refractivity contribution >= 4 is 11.8 Å². The normalized spacial score (nSPS) is 38.8. The van der Waals surface area contributed by atoms with E-state index < -0.39 is 11.8 Å². The maximum absolute atomic E-state index is 11.7. The molecule has 13 heavy (non-hydrogen) atoms. The van der Waals surface area contributed by atoms with E-state index in [9.17, 15) is 9.59 Å². The molecule has 0 aromatic rings.